The smallest absolute Gasteiger partial charge is 0.267 e. The van der Waals surface area contributed by atoms with Crippen LogP contribution in [0.2, 0.25) is 0 Å². The van der Waals surface area contributed by atoms with Crippen molar-refractivity contribution in [3.8, 4) is 11.8 Å². The van der Waals surface area contributed by atoms with Crippen LogP contribution in [0.1, 0.15) is 0 Å². The molecular formula is C18H11N3OS2. The van der Waals surface area contributed by atoms with Gasteiger partial charge >= 0.3 is 0 Å². The summed E-state index contributed by atoms with van der Waals surface area (Å²) in [5, 5.41) is 10.4. The monoisotopic (exact) mass is 349 g/mol. The first-order valence-corrected chi connectivity index (χ1v) is 9.09. The van der Waals surface area contributed by atoms with Crippen molar-refractivity contribution in [2.24, 2.45) is 0 Å². The van der Waals surface area contributed by atoms with Crippen molar-refractivity contribution in [3.63, 3.8) is 0 Å². The molecule has 0 bridgehead atoms. The average Bonchev–Trinajstić information content (AvgIpc) is 3.00. The largest absolute Gasteiger partial charge is 0.276 e. The van der Waals surface area contributed by atoms with Crippen LogP contribution >= 0.6 is 23.1 Å². The van der Waals surface area contributed by atoms with Gasteiger partial charge in [0.25, 0.3) is 5.56 Å². The molecule has 0 aliphatic heterocycles. The van der Waals surface area contributed by atoms with Crippen LogP contribution in [-0.4, -0.2) is 15.3 Å². The van der Waals surface area contributed by atoms with Gasteiger partial charge in [-0.2, -0.15) is 5.26 Å². The van der Waals surface area contributed by atoms with Gasteiger partial charge in [-0.05, 0) is 18.2 Å². The Bertz CT molecular complexity index is 1140. The molecule has 4 rings (SSSR count). The van der Waals surface area contributed by atoms with E-state index in [9.17, 15) is 4.79 Å². The average molecular weight is 349 g/mol. The van der Waals surface area contributed by atoms with Crippen molar-refractivity contribution in [1.82, 2.24) is 9.55 Å². The van der Waals surface area contributed by atoms with Crippen molar-refractivity contribution in [2.45, 2.75) is 5.16 Å². The third-order valence-corrected chi connectivity index (χ3v) is 5.60. The quantitative estimate of drug-likeness (QED) is 0.410. The van der Waals surface area contributed by atoms with E-state index in [1.54, 1.807) is 4.57 Å². The van der Waals surface area contributed by atoms with Gasteiger partial charge in [-0.3, -0.25) is 9.36 Å². The molecule has 0 unspecified atom stereocenters. The van der Waals surface area contributed by atoms with Crippen molar-refractivity contribution < 1.29 is 0 Å². The Morgan fingerprint density at radius 1 is 1.12 bits per heavy atom. The third-order valence-electron chi connectivity index (χ3n) is 3.65. The standard InChI is InChI=1S/C18H11N3OS2/c19-10-11-23-18-20-15-13-8-4-5-9-14(13)24-16(15)17(22)21(18)12-6-2-1-3-7-12/h1-9H,11H2. The van der Waals surface area contributed by atoms with E-state index in [0.29, 0.717) is 15.4 Å². The number of fused-ring (bicyclic) bond motifs is 3. The third kappa shape index (κ3) is 2.39. The van der Waals surface area contributed by atoms with Gasteiger partial charge in [0.2, 0.25) is 0 Å². The Labute approximate surface area is 146 Å². The summed E-state index contributed by atoms with van der Waals surface area (Å²) < 4.78 is 3.28. The second kappa shape index (κ2) is 6.11. The highest BCUT2D eigenvalue weighted by Gasteiger charge is 2.17. The van der Waals surface area contributed by atoms with Crippen LogP contribution in [0.3, 0.4) is 0 Å². The van der Waals surface area contributed by atoms with Gasteiger partial charge in [0.15, 0.2) is 5.16 Å². The first-order valence-electron chi connectivity index (χ1n) is 7.29. The first kappa shape index (κ1) is 14.9. The Balaban J connectivity index is 2.09. The molecule has 4 nitrogen and oxygen atoms in total. The van der Waals surface area contributed by atoms with Crippen LogP contribution in [0.15, 0.2) is 64.5 Å². The lowest BCUT2D eigenvalue weighted by molar-refractivity contribution is 0.824. The van der Waals surface area contributed by atoms with Gasteiger partial charge in [0.05, 0.1) is 23.0 Å². The summed E-state index contributed by atoms with van der Waals surface area (Å²) in [6.07, 6.45) is 0. The molecule has 0 amide bonds. The Kier molecular flexibility index (Phi) is 3.81. The molecule has 0 aliphatic rings. The number of thiophene rings is 1. The van der Waals surface area contributed by atoms with E-state index in [1.807, 2.05) is 54.6 Å². The zero-order valence-electron chi connectivity index (χ0n) is 12.5. The van der Waals surface area contributed by atoms with E-state index >= 15 is 0 Å². The zero-order valence-corrected chi connectivity index (χ0v) is 14.1. The Morgan fingerprint density at radius 3 is 2.67 bits per heavy atom. The zero-order chi connectivity index (χ0) is 16.5. The van der Waals surface area contributed by atoms with E-state index in [2.05, 4.69) is 6.07 Å². The SMILES string of the molecule is N#CCSc1nc2c(sc3ccccc32)c(=O)n1-c1ccccc1. The normalized spacial score (nSPS) is 11.0. The van der Waals surface area contributed by atoms with Crippen LogP contribution in [0, 0.1) is 11.3 Å². The fraction of sp³-hybridized carbons (Fsp3) is 0.0556. The number of nitriles is 1. The molecule has 0 saturated heterocycles. The van der Waals surface area contributed by atoms with Crippen LogP contribution in [0.5, 0.6) is 0 Å². The number of thioether (sulfide) groups is 1. The highest BCUT2D eigenvalue weighted by molar-refractivity contribution is 7.99. The Morgan fingerprint density at radius 2 is 1.88 bits per heavy atom. The summed E-state index contributed by atoms with van der Waals surface area (Å²) in [7, 11) is 0. The molecule has 2 aromatic heterocycles. The maximum atomic E-state index is 13.1. The minimum atomic E-state index is -0.0900. The molecule has 0 radical (unpaired) electrons. The molecule has 0 atom stereocenters. The fourth-order valence-corrected chi connectivity index (χ4v) is 4.36. The minimum Gasteiger partial charge on any atom is -0.267 e. The number of rotatable bonds is 3. The van der Waals surface area contributed by atoms with Crippen molar-refractivity contribution in [2.75, 3.05) is 5.75 Å². The van der Waals surface area contributed by atoms with Crippen LogP contribution in [0.25, 0.3) is 26.0 Å². The number of hydrogen-bond donors (Lipinski definition) is 0. The molecule has 0 N–H and O–H groups in total. The van der Waals surface area contributed by atoms with E-state index in [-0.39, 0.29) is 11.3 Å². The highest BCUT2D eigenvalue weighted by Crippen LogP contribution is 2.32. The van der Waals surface area contributed by atoms with Gasteiger partial charge in [0.1, 0.15) is 4.70 Å². The second-order valence-electron chi connectivity index (χ2n) is 5.09. The predicted molar refractivity (Wildman–Crippen MR) is 99.1 cm³/mol. The predicted octanol–water partition coefficient (Wildman–Crippen LogP) is 4.22. The molecule has 0 saturated carbocycles. The molecule has 2 aromatic carbocycles. The molecule has 0 spiro atoms. The molecule has 2 heterocycles. The maximum absolute atomic E-state index is 13.1. The maximum Gasteiger partial charge on any atom is 0.276 e. The summed E-state index contributed by atoms with van der Waals surface area (Å²) in [5.41, 5.74) is 1.39. The number of para-hydroxylation sites is 1. The second-order valence-corrected chi connectivity index (χ2v) is 7.09. The minimum absolute atomic E-state index is 0.0900. The number of nitrogens with zero attached hydrogens (tertiary/aromatic N) is 3. The highest BCUT2D eigenvalue weighted by atomic mass is 32.2. The number of hydrogen-bond acceptors (Lipinski definition) is 5. The first-order chi connectivity index (χ1) is 11.8. The van der Waals surface area contributed by atoms with E-state index in [4.69, 9.17) is 10.2 Å². The molecule has 4 aromatic rings. The molecule has 0 fully saturated rings. The topological polar surface area (TPSA) is 58.7 Å². The van der Waals surface area contributed by atoms with Gasteiger partial charge < -0.3 is 0 Å². The lowest BCUT2D eigenvalue weighted by Crippen LogP contribution is -2.20. The van der Waals surface area contributed by atoms with Gasteiger partial charge in [-0.1, -0.05) is 48.2 Å². The lowest BCUT2D eigenvalue weighted by Gasteiger charge is -2.10. The van der Waals surface area contributed by atoms with Crippen LogP contribution in [0.4, 0.5) is 0 Å². The molecule has 0 aliphatic carbocycles. The van der Waals surface area contributed by atoms with Gasteiger partial charge in [0, 0.05) is 10.1 Å². The number of aromatic nitrogens is 2. The fourth-order valence-electron chi connectivity index (χ4n) is 2.62. The molecular weight excluding hydrogens is 338 g/mol. The summed E-state index contributed by atoms with van der Waals surface area (Å²) in [6.45, 7) is 0. The van der Waals surface area contributed by atoms with E-state index in [0.717, 1.165) is 15.8 Å². The van der Waals surface area contributed by atoms with E-state index in [1.165, 1.54) is 23.1 Å². The van der Waals surface area contributed by atoms with E-state index < -0.39 is 0 Å². The lowest BCUT2D eigenvalue weighted by atomic mass is 10.2. The summed E-state index contributed by atoms with van der Waals surface area (Å²) in [5.74, 6) is 0.243. The summed E-state index contributed by atoms with van der Waals surface area (Å²) >= 11 is 2.74. The van der Waals surface area contributed by atoms with Crippen molar-refractivity contribution >= 4 is 43.4 Å². The molecule has 6 heteroatoms. The molecule has 116 valence electrons. The van der Waals surface area contributed by atoms with Crippen LogP contribution < -0.4 is 5.56 Å². The van der Waals surface area contributed by atoms with Crippen molar-refractivity contribution in [3.05, 3.63) is 65.0 Å². The van der Waals surface area contributed by atoms with Crippen LogP contribution in [-0.2, 0) is 0 Å². The van der Waals surface area contributed by atoms with Gasteiger partial charge in [-0.25, -0.2) is 4.98 Å². The summed E-state index contributed by atoms with van der Waals surface area (Å²) in [4.78, 5) is 17.8. The number of benzene rings is 2. The summed E-state index contributed by atoms with van der Waals surface area (Å²) in [6, 6.07) is 19.4. The molecule has 24 heavy (non-hydrogen) atoms. The Hall–Kier alpha value is -2.62. The van der Waals surface area contributed by atoms with Gasteiger partial charge in [-0.15, -0.1) is 11.3 Å². The van der Waals surface area contributed by atoms with Crippen molar-refractivity contribution in [1.29, 1.82) is 5.26 Å².